The summed E-state index contributed by atoms with van der Waals surface area (Å²) in [7, 11) is 1.63. The number of methoxy groups -OCH3 is 1. The molecule has 0 fully saturated rings. The van der Waals surface area contributed by atoms with Crippen LogP contribution in [0.3, 0.4) is 0 Å². The highest BCUT2D eigenvalue weighted by atomic mass is 16.5. The number of rotatable bonds is 5. The Bertz CT molecular complexity index is 525. The first-order chi connectivity index (χ1) is 8.70. The molecule has 2 aromatic rings. The van der Waals surface area contributed by atoms with E-state index in [0.29, 0.717) is 24.4 Å². The molecule has 0 spiro atoms. The van der Waals surface area contributed by atoms with Gasteiger partial charge in [0.15, 0.2) is 5.82 Å². The highest BCUT2D eigenvalue weighted by molar-refractivity contribution is 5.64. The van der Waals surface area contributed by atoms with Crippen LogP contribution in [0, 0.1) is 0 Å². The van der Waals surface area contributed by atoms with E-state index in [0.717, 1.165) is 6.42 Å². The van der Waals surface area contributed by atoms with E-state index < -0.39 is 0 Å². The van der Waals surface area contributed by atoms with Gasteiger partial charge in [-0.2, -0.15) is 4.98 Å². The van der Waals surface area contributed by atoms with Crippen LogP contribution in [0.2, 0.25) is 0 Å². The molecule has 0 amide bonds. The summed E-state index contributed by atoms with van der Waals surface area (Å²) in [5, 5.41) is 22.8. The second-order valence-corrected chi connectivity index (χ2v) is 3.81. The topological polar surface area (TPSA) is 88.6 Å². The number of ether oxygens (including phenoxy) is 1. The van der Waals surface area contributed by atoms with Crippen molar-refractivity contribution in [3.8, 4) is 23.0 Å². The third-order valence-corrected chi connectivity index (χ3v) is 2.43. The number of nitrogens with zero attached hydrogens (tertiary/aromatic N) is 2. The number of aromatic nitrogens is 2. The SMILES string of the molecule is COCCCc1noc(-c2cc(O)ccc2O)n1. The van der Waals surface area contributed by atoms with Crippen LogP contribution < -0.4 is 0 Å². The number of hydrogen-bond donors (Lipinski definition) is 2. The molecule has 0 saturated carbocycles. The molecule has 0 bridgehead atoms. The molecule has 0 radical (unpaired) electrons. The average Bonchev–Trinajstić information content (AvgIpc) is 2.81. The van der Waals surface area contributed by atoms with Gasteiger partial charge in [0.05, 0.1) is 5.56 Å². The lowest BCUT2D eigenvalue weighted by atomic mass is 10.2. The van der Waals surface area contributed by atoms with Crippen LogP contribution >= 0.6 is 0 Å². The molecular formula is C12H14N2O4. The fourth-order valence-electron chi connectivity index (χ4n) is 1.53. The van der Waals surface area contributed by atoms with Crippen molar-refractivity contribution >= 4 is 0 Å². The van der Waals surface area contributed by atoms with Gasteiger partial charge in [-0.1, -0.05) is 5.16 Å². The minimum absolute atomic E-state index is 0.0140. The summed E-state index contributed by atoms with van der Waals surface area (Å²) >= 11 is 0. The molecular weight excluding hydrogens is 236 g/mol. The lowest BCUT2D eigenvalue weighted by molar-refractivity contribution is 0.194. The molecule has 6 heteroatoms. The van der Waals surface area contributed by atoms with Crippen LogP contribution in [0.25, 0.3) is 11.5 Å². The maximum Gasteiger partial charge on any atom is 0.261 e. The van der Waals surface area contributed by atoms with Gasteiger partial charge in [0.1, 0.15) is 11.5 Å². The van der Waals surface area contributed by atoms with E-state index in [2.05, 4.69) is 10.1 Å². The molecule has 0 aliphatic heterocycles. The first-order valence-electron chi connectivity index (χ1n) is 5.54. The van der Waals surface area contributed by atoms with E-state index in [1.54, 1.807) is 7.11 Å². The fraction of sp³-hybridized carbons (Fsp3) is 0.333. The van der Waals surface area contributed by atoms with E-state index in [1.807, 2.05) is 0 Å². The van der Waals surface area contributed by atoms with E-state index in [1.165, 1.54) is 18.2 Å². The number of phenolic OH excluding ortho intramolecular Hbond substituents is 2. The van der Waals surface area contributed by atoms with Crippen molar-refractivity contribution in [3.63, 3.8) is 0 Å². The van der Waals surface area contributed by atoms with Crippen LogP contribution in [0.15, 0.2) is 22.7 Å². The zero-order valence-corrected chi connectivity index (χ0v) is 9.96. The van der Waals surface area contributed by atoms with E-state index >= 15 is 0 Å². The van der Waals surface area contributed by atoms with Crippen molar-refractivity contribution in [1.29, 1.82) is 0 Å². The third kappa shape index (κ3) is 2.78. The Kier molecular flexibility index (Phi) is 3.78. The van der Waals surface area contributed by atoms with E-state index in [9.17, 15) is 10.2 Å². The Labute approximate surface area is 104 Å². The molecule has 2 rings (SSSR count). The number of aryl methyl sites for hydroxylation is 1. The van der Waals surface area contributed by atoms with Gasteiger partial charge in [-0.05, 0) is 24.6 Å². The van der Waals surface area contributed by atoms with Crippen molar-refractivity contribution in [2.45, 2.75) is 12.8 Å². The molecule has 1 aromatic carbocycles. The maximum absolute atomic E-state index is 9.65. The van der Waals surface area contributed by atoms with Gasteiger partial charge in [0.25, 0.3) is 5.89 Å². The van der Waals surface area contributed by atoms with Gasteiger partial charge >= 0.3 is 0 Å². The maximum atomic E-state index is 9.65. The van der Waals surface area contributed by atoms with Gasteiger partial charge in [-0.15, -0.1) is 0 Å². The summed E-state index contributed by atoms with van der Waals surface area (Å²) in [5.74, 6) is 0.752. The van der Waals surface area contributed by atoms with E-state index in [4.69, 9.17) is 9.26 Å². The van der Waals surface area contributed by atoms with Crippen molar-refractivity contribution in [2.24, 2.45) is 0 Å². The standard InChI is InChI=1S/C12H14N2O4/c1-17-6-2-3-11-13-12(18-14-11)9-7-8(15)4-5-10(9)16/h4-5,7,15-16H,2-3,6H2,1H3. The number of phenols is 2. The quantitative estimate of drug-likeness (QED) is 0.620. The van der Waals surface area contributed by atoms with E-state index in [-0.39, 0.29) is 17.4 Å². The Morgan fingerprint density at radius 2 is 2.17 bits per heavy atom. The second-order valence-electron chi connectivity index (χ2n) is 3.81. The van der Waals surface area contributed by atoms with Crippen LogP contribution in [0.4, 0.5) is 0 Å². The molecule has 1 heterocycles. The van der Waals surface area contributed by atoms with Gasteiger partial charge in [-0.3, -0.25) is 0 Å². The number of benzene rings is 1. The molecule has 6 nitrogen and oxygen atoms in total. The zero-order chi connectivity index (χ0) is 13.0. The first kappa shape index (κ1) is 12.4. The average molecular weight is 250 g/mol. The Hall–Kier alpha value is -2.08. The monoisotopic (exact) mass is 250 g/mol. The predicted octanol–water partition coefficient (Wildman–Crippen LogP) is 1.73. The molecule has 96 valence electrons. The molecule has 0 unspecified atom stereocenters. The summed E-state index contributed by atoms with van der Waals surface area (Å²) in [6.45, 7) is 0.626. The van der Waals surface area contributed by atoms with Crippen molar-refractivity contribution < 1.29 is 19.5 Å². The molecule has 2 N–H and O–H groups in total. The van der Waals surface area contributed by atoms with Gasteiger partial charge in [0, 0.05) is 20.1 Å². The normalized spacial score (nSPS) is 10.7. The summed E-state index contributed by atoms with van der Waals surface area (Å²) in [6.07, 6.45) is 1.43. The lowest BCUT2D eigenvalue weighted by Crippen LogP contribution is -1.94. The number of aromatic hydroxyl groups is 2. The van der Waals surface area contributed by atoms with Crippen LogP contribution in [0.1, 0.15) is 12.2 Å². The highest BCUT2D eigenvalue weighted by Gasteiger charge is 2.13. The van der Waals surface area contributed by atoms with Gasteiger partial charge < -0.3 is 19.5 Å². The summed E-state index contributed by atoms with van der Waals surface area (Å²) in [6, 6.07) is 4.13. The largest absolute Gasteiger partial charge is 0.508 e. The number of hydrogen-bond acceptors (Lipinski definition) is 6. The molecule has 18 heavy (non-hydrogen) atoms. The summed E-state index contributed by atoms with van der Waals surface area (Å²) in [4.78, 5) is 4.15. The minimum Gasteiger partial charge on any atom is -0.508 e. The molecule has 0 aliphatic rings. The van der Waals surface area contributed by atoms with Crippen LogP contribution in [-0.4, -0.2) is 34.1 Å². The molecule has 1 aromatic heterocycles. The van der Waals surface area contributed by atoms with Crippen molar-refractivity contribution in [2.75, 3.05) is 13.7 Å². The highest BCUT2D eigenvalue weighted by Crippen LogP contribution is 2.30. The smallest absolute Gasteiger partial charge is 0.261 e. The molecule has 0 saturated heterocycles. The molecule has 0 atom stereocenters. The van der Waals surface area contributed by atoms with Crippen LogP contribution in [-0.2, 0) is 11.2 Å². The predicted molar refractivity (Wildman–Crippen MR) is 63.3 cm³/mol. The second kappa shape index (κ2) is 5.50. The third-order valence-electron chi connectivity index (χ3n) is 2.43. The lowest BCUT2D eigenvalue weighted by Gasteiger charge is -1.99. The summed E-state index contributed by atoms with van der Waals surface area (Å²) < 4.78 is 9.97. The fourth-order valence-corrected chi connectivity index (χ4v) is 1.53. The Morgan fingerprint density at radius 1 is 1.33 bits per heavy atom. The Balaban J connectivity index is 2.16. The summed E-state index contributed by atoms with van der Waals surface area (Å²) in [5.41, 5.74) is 0.320. The Morgan fingerprint density at radius 3 is 2.94 bits per heavy atom. The molecule has 0 aliphatic carbocycles. The first-order valence-corrected chi connectivity index (χ1v) is 5.54. The van der Waals surface area contributed by atoms with Gasteiger partial charge in [0.2, 0.25) is 0 Å². The zero-order valence-electron chi connectivity index (χ0n) is 9.96. The minimum atomic E-state index is -0.0140. The van der Waals surface area contributed by atoms with Crippen molar-refractivity contribution in [1.82, 2.24) is 10.1 Å². The van der Waals surface area contributed by atoms with Crippen molar-refractivity contribution in [3.05, 3.63) is 24.0 Å². The van der Waals surface area contributed by atoms with Crippen LogP contribution in [0.5, 0.6) is 11.5 Å². The van der Waals surface area contributed by atoms with Gasteiger partial charge in [-0.25, -0.2) is 0 Å².